The van der Waals surface area contributed by atoms with E-state index in [0.29, 0.717) is 18.0 Å². The molecule has 0 unspecified atom stereocenters. The van der Waals surface area contributed by atoms with Crippen LogP contribution in [0, 0.1) is 0 Å². The predicted octanol–water partition coefficient (Wildman–Crippen LogP) is 2.81. The van der Waals surface area contributed by atoms with E-state index < -0.39 is 11.2 Å². The molecule has 2 aromatic carbocycles. The maximum Gasteiger partial charge on any atom is 0.330 e. The Kier molecular flexibility index (Phi) is 6.74. The Hall–Kier alpha value is -3.32. The molecule has 156 valence electrons. The average Bonchev–Trinajstić information content (AvgIpc) is 2.73. The van der Waals surface area contributed by atoms with Crippen LogP contribution in [0.4, 0.5) is 11.5 Å². The number of aromatic amines is 1. The number of hydrogen-bond donors (Lipinski definition) is 2. The second-order valence-electron chi connectivity index (χ2n) is 6.91. The average molecular weight is 427 g/mol. The topological polar surface area (TPSA) is 101 Å². The van der Waals surface area contributed by atoms with E-state index >= 15 is 0 Å². The minimum atomic E-state index is -0.681. The van der Waals surface area contributed by atoms with Crippen LogP contribution in [-0.2, 0) is 17.8 Å². The van der Waals surface area contributed by atoms with Gasteiger partial charge in [0.05, 0.1) is 13.0 Å². The van der Waals surface area contributed by atoms with E-state index in [2.05, 4.69) is 4.98 Å². The lowest BCUT2D eigenvalue weighted by molar-refractivity contribution is -0.118. The molecule has 0 saturated heterocycles. The summed E-state index contributed by atoms with van der Waals surface area (Å²) in [4.78, 5) is 41.7. The summed E-state index contributed by atoms with van der Waals surface area (Å²) in [6.07, 6.45) is 0.691. The standard InChI is InChI=1S/C22H23ClN4O3/c1-2-12-26(18(28)13-15-8-10-17(23)11-9-15)19-20(24)27(22(30)25-21(19)29)14-16-6-4-3-5-7-16/h3-11H,2,12-14,24H2,1H3,(H,25,29,30). The molecule has 0 fully saturated rings. The molecule has 1 amide bonds. The van der Waals surface area contributed by atoms with Crippen molar-refractivity contribution in [3.05, 3.63) is 91.6 Å². The third-order valence-electron chi connectivity index (χ3n) is 4.68. The number of rotatable bonds is 7. The van der Waals surface area contributed by atoms with Crippen molar-refractivity contribution >= 4 is 29.0 Å². The summed E-state index contributed by atoms with van der Waals surface area (Å²) in [5.41, 5.74) is 6.55. The van der Waals surface area contributed by atoms with Gasteiger partial charge in [0.1, 0.15) is 5.82 Å². The molecule has 3 rings (SSSR count). The largest absolute Gasteiger partial charge is 0.383 e. The molecule has 3 aromatic rings. The number of nitrogens with one attached hydrogen (secondary N) is 1. The van der Waals surface area contributed by atoms with Gasteiger partial charge in [-0.3, -0.25) is 19.1 Å². The predicted molar refractivity (Wildman–Crippen MR) is 119 cm³/mol. The zero-order valence-corrected chi connectivity index (χ0v) is 17.4. The van der Waals surface area contributed by atoms with Gasteiger partial charge in [-0.25, -0.2) is 4.79 Å². The normalized spacial score (nSPS) is 10.7. The molecule has 0 aliphatic rings. The van der Waals surface area contributed by atoms with Gasteiger partial charge < -0.3 is 10.6 Å². The number of nitrogen functional groups attached to an aromatic ring is 1. The maximum absolute atomic E-state index is 13.0. The highest BCUT2D eigenvalue weighted by molar-refractivity contribution is 6.30. The summed E-state index contributed by atoms with van der Waals surface area (Å²) >= 11 is 5.91. The number of aromatic nitrogens is 2. The molecular formula is C22H23ClN4O3. The lowest BCUT2D eigenvalue weighted by atomic mass is 10.1. The van der Waals surface area contributed by atoms with Crippen LogP contribution in [0.15, 0.2) is 64.2 Å². The minimum Gasteiger partial charge on any atom is -0.383 e. The van der Waals surface area contributed by atoms with E-state index in [-0.39, 0.29) is 30.4 Å². The number of hydrogen-bond acceptors (Lipinski definition) is 4. The SMILES string of the molecule is CCCN(C(=O)Cc1ccc(Cl)cc1)c1c(N)n(Cc2ccccc2)c(=O)[nH]c1=O. The first-order valence-corrected chi connectivity index (χ1v) is 9.99. The quantitative estimate of drug-likeness (QED) is 0.606. The second-order valence-corrected chi connectivity index (χ2v) is 7.35. The fourth-order valence-corrected chi connectivity index (χ4v) is 3.34. The van der Waals surface area contributed by atoms with Crippen LogP contribution in [0.1, 0.15) is 24.5 Å². The zero-order valence-electron chi connectivity index (χ0n) is 16.6. The molecular weight excluding hydrogens is 404 g/mol. The number of nitrogens with zero attached hydrogens (tertiary/aromatic N) is 2. The van der Waals surface area contributed by atoms with Crippen molar-refractivity contribution in [3.63, 3.8) is 0 Å². The lowest BCUT2D eigenvalue weighted by Crippen LogP contribution is -2.42. The first-order chi connectivity index (χ1) is 14.4. The smallest absolute Gasteiger partial charge is 0.330 e. The molecule has 8 heteroatoms. The van der Waals surface area contributed by atoms with Crippen LogP contribution in [0.5, 0.6) is 0 Å². The molecule has 0 bridgehead atoms. The molecule has 0 saturated carbocycles. The summed E-state index contributed by atoms with van der Waals surface area (Å²) in [5.74, 6) is -0.327. The number of anilines is 2. The van der Waals surface area contributed by atoms with Crippen molar-refractivity contribution in [1.29, 1.82) is 0 Å². The number of H-pyrrole nitrogens is 1. The van der Waals surface area contributed by atoms with Gasteiger partial charge in [0.25, 0.3) is 5.56 Å². The Morgan fingerprint density at radius 2 is 1.73 bits per heavy atom. The van der Waals surface area contributed by atoms with Crippen molar-refractivity contribution < 1.29 is 4.79 Å². The van der Waals surface area contributed by atoms with Crippen LogP contribution in [0.3, 0.4) is 0 Å². The molecule has 0 atom stereocenters. The number of nitrogens with two attached hydrogens (primary N) is 1. The Balaban J connectivity index is 2.00. The second kappa shape index (κ2) is 9.45. The molecule has 0 aliphatic heterocycles. The molecule has 0 radical (unpaired) electrons. The fourth-order valence-electron chi connectivity index (χ4n) is 3.22. The summed E-state index contributed by atoms with van der Waals surface area (Å²) in [6, 6.07) is 16.2. The number of carbonyl (C=O) groups is 1. The van der Waals surface area contributed by atoms with Crippen LogP contribution >= 0.6 is 11.6 Å². The zero-order chi connectivity index (χ0) is 21.7. The van der Waals surface area contributed by atoms with Gasteiger partial charge >= 0.3 is 5.69 Å². The molecule has 1 aromatic heterocycles. The summed E-state index contributed by atoms with van der Waals surface area (Å²) in [5, 5.41) is 0.574. The lowest BCUT2D eigenvalue weighted by Gasteiger charge is -2.24. The molecule has 3 N–H and O–H groups in total. The van der Waals surface area contributed by atoms with Crippen LogP contribution in [0.2, 0.25) is 5.02 Å². The molecule has 30 heavy (non-hydrogen) atoms. The van der Waals surface area contributed by atoms with Crippen LogP contribution < -0.4 is 21.9 Å². The van der Waals surface area contributed by atoms with E-state index in [1.54, 1.807) is 24.3 Å². The maximum atomic E-state index is 13.0. The Morgan fingerprint density at radius 3 is 2.37 bits per heavy atom. The van der Waals surface area contributed by atoms with E-state index in [4.69, 9.17) is 17.3 Å². The van der Waals surface area contributed by atoms with E-state index in [0.717, 1.165) is 11.1 Å². The van der Waals surface area contributed by atoms with Gasteiger partial charge in [-0.15, -0.1) is 0 Å². The van der Waals surface area contributed by atoms with Crippen molar-refractivity contribution in [3.8, 4) is 0 Å². The highest BCUT2D eigenvalue weighted by atomic mass is 35.5. The van der Waals surface area contributed by atoms with Crippen molar-refractivity contribution in [2.24, 2.45) is 0 Å². The van der Waals surface area contributed by atoms with E-state index in [9.17, 15) is 14.4 Å². The van der Waals surface area contributed by atoms with Gasteiger partial charge in [-0.2, -0.15) is 0 Å². The van der Waals surface area contributed by atoms with Crippen molar-refractivity contribution in [1.82, 2.24) is 9.55 Å². The van der Waals surface area contributed by atoms with E-state index in [1.165, 1.54) is 9.47 Å². The molecule has 7 nitrogen and oxygen atoms in total. The van der Waals surface area contributed by atoms with Crippen molar-refractivity contribution in [2.75, 3.05) is 17.2 Å². The highest BCUT2D eigenvalue weighted by Gasteiger charge is 2.24. The molecule has 1 heterocycles. The van der Waals surface area contributed by atoms with Crippen LogP contribution in [-0.4, -0.2) is 22.0 Å². The van der Waals surface area contributed by atoms with E-state index in [1.807, 2.05) is 37.3 Å². The number of halogens is 1. The van der Waals surface area contributed by atoms with Gasteiger partial charge in [0, 0.05) is 11.6 Å². The van der Waals surface area contributed by atoms with Gasteiger partial charge in [0.2, 0.25) is 5.91 Å². The first kappa shape index (κ1) is 21.4. The Morgan fingerprint density at radius 1 is 1.07 bits per heavy atom. The number of benzene rings is 2. The molecule has 0 aliphatic carbocycles. The third kappa shape index (κ3) is 4.80. The number of amides is 1. The van der Waals surface area contributed by atoms with Gasteiger partial charge in [-0.05, 0) is 29.7 Å². The highest BCUT2D eigenvalue weighted by Crippen LogP contribution is 2.20. The summed E-state index contributed by atoms with van der Waals surface area (Å²) < 4.78 is 1.27. The Bertz CT molecular complexity index is 1140. The minimum absolute atomic E-state index is 0.00801. The first-order valence-electron chi connectivity index (χ1n) is 9.62. The summed E-state index contributed by atoms with van der Waals surface area (Å²) in [7, 11) is 0. The fraction of sp³-hybridized carbons (Fsp3) is 0.227. The van der Waals surface area contributed by atoms with Gasteiger partial charge in [-0.1, -0.05) is 61.0 Å². The Labute approximate surface area is 178 Å². The third-order valence-corrected chi connectivity index (χ3v) is 4.94. The molecule has 0 spiro atoms. The van der Waals surface area contributed by atoms with Gasteiger partial charge in [0.15, 0.2) is 5.69 Å². The van der Waals surface area contributed by atoms with Crippen molar-refractivity contribution in [2.45, 2.75) is 26.3 Å². The number of carbonyl (C=O) groups excluding carboxylic acids is 1. The van der Waals surface area contributed by atoms with Crippen LogP contribution in [0.25, 0.3) is 0 Å². The summed E-state index contributed by atoms with van der Waals surface area (Å²) in [6.45, 7) is 2.37. The monoisotopic (exact) mass is 426 g/mol.